The molecule has 0 aliphatic carbocycles. The molecule has 1 aliphatic rings. The Hall–Kier alpha value is -1.09. The summed E-state index contributed by atoms with van der Waals surface area (Å²) in [5.41, 5.74) is 0. The fourth-order valence-electron chi connectivity index (χ4n) is 1.51. The van der Waals surface area contributed by atoms with Crippen molar-refractivity contribution >= 4 is 0 Å². The third-order valence-corrected chi connectivity index (χ3v) is 2.73. The minimum Gasteiger partial charge on any atom is -0.192 e. The molecule has 0 spiro atoms. The van der Waals surface area contributed by atoms with E-state index in [0.29, 0.717) is 0 Å². The summed E-state index contributed by atoms with van der Waals surface area (Å²) in [5, 5.41) is 0. The second kappa shape index (κ2) is 4.30. The van der Waals surface area contributed by atoms with Crippen molar-refractivity contribution < 1.29 is 65.9 Å². The van der Waals surface area contributed by atoms with Gasteiger partial charge in [0, 0.05) is 0 Å². The van der Waals surface area contributed by atoms with Gasteiger partial charge in [-0.1, -0.05) is 0 Å². The maximum Gasteiger partial charge on any atom is 0.469 e. The molecule has 1 fully saturated rings. The van der Waals surface area contributed by atoms with Crippen molar-refractivity contribution in [3.05, 3.63) is 0 Å². The lowest BCUT2D eigenvalue weighted by molar-refractivity contribution is -0.552. The number of halogens is 15. The van der Waals surface area contributed by atoms with Crippen LogP contribution in [0, 0.1) is 0 Å². The standard InChI is InChI=1S/C7F15N/c8-1(9)2(10,11)5(17,18)23(6(19,20)3(1,12)13)7(21,22)4(14,15)16. The third-order valence-electron chi connectivity index (χ3n) is 2.73. The zero-order valence-corrected chi connectivity index (χ0v) is 9.62. The van der Waals surface area contributed by atoms with Crippen LogP contribution in [0.4, 0.5) is 65.9 Å². The quantitative estimate of drug-likeness (QED) is 0.475. The molecule has 23 heavy (non-hydrogen) atoms. The highest BCUT2D eigenvalue weighted by Crippen LogP contribution is 2.67. The number of piperidine rings is 1. The predicted octanol–water partition coefficient (Wildman–Crippen LogP) is 4.55. The molecule has 0 aromatic heterocycles. The maximum atomic E-state index is 12.9. The summed E-state index contributed by atoms with van der Waals surface area (Å²) in [5.74, 6) is -23.0. The number of likely N-dealkylation sites (tertiary alicyclic amines) is 1. The van der Waals surface area contributed by atoms with Crippen molar-refractivity contribution in [1.29, 1.82) is 0 Å². The van der Waals surface area contributed by atoms with E-state index in [1.54, 1.807) is 0 Å². The van der Waals surface area contributed by atoms with Gasteiger partial charge in [0.25, 0.3) is 0 Å². The Morgan fingerprint density at radius 3 is 0.957 bits per heavy atom. The summed E-state index contributed by atoms with van der Waals surface area (Å²) in [6.07, 6.45) is -7.50. The topological polar surface area (TPSA) is 3.24 Å². The highest BCUT2D eigenvalue weighted by Gasteiger charge is 2.98. The second-order valence-corrected chi connectivity index (χ2v) is 4.18. The smallest absolute Gasteiger partial charge is 0.192 e. The summed E-state index contributed by atoms with van der Waals surface area (Å²) in [6, 6.07) is -23.1. The Morgan fingerprint density at radius 2 is 0.739 bits per heavy atom. The molecule has 0 saturated carbocycles. The lowest BCUT2D eigenvalue weighted by atomic mass is 9.93. The van der Waals surface area contributed by atoms with Gasteiger partial charge in [0.2, 0.25) is 0 Å². The van der Waals surface area contributed by atoms with E-state index in [1.165, 1.54) is 0 Å². The minimum atomic E-state index is -7.70. The Kier molecular flexibility index (Phi) is 3.73. The predicted molar refractivity (Wildman–Crippen MR) is 37.6 cm³/mol. The second-order valence-electron chi connectivity index (χ2n) is 4.18. The van der Waals surface area contributed by atoms with E-state index in [-0.39, 0.29) is 0 Å². The zero-order chi connectivity index (χ0) is 19.1. The van der Waals surface area contributed by atoms with Gasteiger partial charge in [0.15, 0.2) is 0 Å². The molecular weight excluding hydrogens is 383 g/mol. The molecule has 0 aromatic rings. The van der Waals surface area contributed by atoms with Crippen molar-refractivity contribution in [3.8, 4) is 0 Å². The number of alkyl halides is 15. The number of rotatable bonds is 1. The Bertz CT molecular complexity index is 457. The number of hydrogen-bond acceptors (Lipinski definition) is 1. The van der Waals surface area contributed by atoms with Crippen LogP contribution in [0.5, 0.6) is 0 Å². The molecule has 0 radical (unpaired) electrons. The molecule has 0 bridgehead atoms. The van der Waals surface area contributed by atoms with Crippen molar-refractivity contribution in [2.45, 2.75) is 42.1 Å². The van der Waals surface area contributed by atoms with Crippen LogP contribution in [-0.2, 0) is 0 Å². The van der Waals surface area contributed by atoms with Gasteiger partial charge in [0.1, 0.15) is 0 Å². The van der Waals surface area contributed by atoms with Gasteiger partial charge in [-0.3, -0.25) is 0 Å². The molecule has 1 aliphatic heterocycles. The van der Waals surface area contributed by atoms with Crippen LogP contribution < -0.4 is 0 Å². The molecule has 16 heteroatoms. The minimum absolute atomic E-state index is 4.25. The summed E-state index contributed by atoms with van der Waals surface area (Å²) in [7, 11) is 0. The Morgan fingerprint density at radius 1 is 0.478 bits per heavy atom. The molecule has 0 aromatic carbocycles. The average molecular weight is 383 g/mol. The molecule has 1 nitrogen and oxygen atoms in total. The van der Waals surface area contributed by atoms with E-state index in [2.05, 4.69) is 0 Å². The van der Waals surface area contributed by atoms with Crippen LogP contribution in [0.1, 0.15) is 0 Å². The van der Waals surface area contributed by atoms with Crippen LogP contribution in [0.2, 0.25) is 0 Å². The first-order valence-corrected chi connectivity index (χ1v) is 4.76. The lowest BCUT2D eigenvalue weighted by Crippen LogP contribution is -2.85. The summed E-state index contributed by atoms with van der Waals surface area (Å²) >= 11 is 0. The average Bonchev–Trinajstić information content (AvgIpc) is 2.23. The first-order valence-electron chi connectivity index (χ1n) is 4.76. The van der Waals surface area contributed by atoms with Gasteiger partial charge >= 0.3 is 42.1 Å². The molecule has 1 saturated heterocycles. The van der Waals surface area contributed by atoms with Crippen LogP contribution in [0.15, 0.2) is 0 Å². The van der Waals surface area contributed by atoms with Crippen LogP contribution in [-0.4, -0.2) is 47.0 Å². The van der Waals surface area contributed by atoms with E-state index >= 15 is 0 Å². The largest absolute Gasteiger partial charge is 0.469 e. The van der Waals surface area contributed by atoms with Crippen LogP contribution in [0.25, 0.3) is 0 Å². The van der Waals surface area contributed by atoms with E-state index in [1.807, 2.05) is 0 Å². The van der Waals surface area contributed by atoms with Crippen molar-refractivity contribution in [1.82, 2.24) is 4.90 Å². The molecule has 1 rings (SSSR count). The van der Waals surface area contributed by atoms with Crippen LogP contribution >= 0.6 is 0 Å². The molecular formula is C7F15N. The monoisotopic (exact) mass is 383 g/mol. The van der Waals surface area contributed by atoms with Gasteiger partial charge < -0.3 is 0 Å². The van der Waals surface area contributed by atoms with Gasteiger partial charge in [0.05, 0.1) is 0 Å². The van der Waals surface area contributed by atoms with E-state index < -0.39 is 47.0 Å². The first-order chi connectivity index (χ1) is 9.62. The molecule has 138 valence electrons. The molecule has 0 unspecified atom stereocenters. The van der Waals surface area contributed by atoms with Gasteiger partial charge in [-0.2, -0.15) is 65.9 Å². The highest BCUT2D eigenvalue weighted by molar-refractivity contribution is 5.16. The molecule has 0 N–H and O–H groups in total. The van der Waals surface area contributed by atoms with Gasteiger partial charge in [-0.05, 0) is 0 Å². The Labute approximate surface area is 114 Å². The van der Waals surface area contributed by atoms with Crippen molar-refractivity contribution in [2.24, 2.45) is 0 Å². The maximum absolute atomic E-state index is 12.9. The SMILES string of the molecule is FC(F)(F)C(F)(F)N1C(F)(F)C(F)(F)C(F)(F)C(F)(F)C1(F)F. The fourth-order valence-corrected chi connectivity index (χ4v) is 1.51. The lowest BCUT2D eigenvalue weighted by Gasteiger charge is -2.52. The van der Waals surface area contributed by atoms with Crippen molar-refractivity contribution in [3.63, 3.8) is 0 Å². The Balaban J connectivity index is 3.84. The van der Waals surface area contributed by atoms with E-state index in [9.17, 15) is 65.9 Å². The van der Waals surface area contributed by atoms with Gasteiger partial charge in [-0.25, -0.2) is 0 Å². The van der Waals surface area contributed by atoms with Crippen molar-refractivity contribution in [2.75, 3.05) is 0 Å². The summed E-state index contributed by atoms with van der Waals surface area (Å²) in [4.78, 5) is -4.25. The normalized spacial score (nSPS) is 29.3. The van der Waals surface area contributed by atoms with Gasteiger partial charge in [-0.15, -0.1) is 4.90 Å². The fraction of sp³-hybridized carbons (Fsp3) is 1.00. The number of nitrogens with zero attached hydrogens (tertiary/aromatic N) is 1. The first kappa shape index (κ1) is 20.0. The molecule has 1 heterocycles. The summed E-state index contributed by atoms with van der Waals surface area (Å²) in [6.45, 7) is 0. The summed E-state index contributed by atoms with van der Waals surface area (Å²) < 4.78 is 189. The number of hydrogen-bond donors (Lipinski definition) is 0. The third kappa shape index (κ3) is 1.95. The zero-order valence-electron chi connectivity index (χ0n) is 9.62. The molecule has 0 atom stereocenters. The molecule has 0 amide bonds. The van der Waals surface area contributed by atoms with Crippen LogP contribution in [0.3, 0.4) is 0 Å². The highest BCUT2D eigenvalue weighted by atomic mass is 19.4. The van der Waals surface area contributed by atoms with E-state index in [0.717, 1.165) is 0 Å². The van der Waals surface area contributed by atoms with E-state index in [4.69, 9.17) is 0 Å².